The molecule has 0 radical (unpaired) electrons. The summed E-state index contributed by atoms with van der Waals surface area (Å²) in [6.07, 6.45) is 0. The molecule has 0 aliphatic carbocycles. The Morgan fingerprint density at radius 3 is 2.20 bits per heavy atom. The highest BCUT2D eigenvalue weighted by molar-refractivity contribution is 5.63. The molecule has 0 fully saturated rings. The normalized spacial score (nSPS) is 12.3. The van der Waals surface area contributed by atoms with Gasteiger partial charge >= 0.3 is 0 Å². The molecule has 0 aromatic heterocycles. The third kappa shape index (κ3) is 4.17. The zero-order valence-corrected chi connectivity index (χ0v) is 11.8. The molecular formula is C17H21NO2. The van der Waals surface area contributed by atoms with Gasteiger partial charge in [0.1, 0.15) is 0 Å². The summed E-state index contributed by atoms with van der Waals surface area (Å²) >= 11 is 0. The lowest BCUT2D eigenvalue weighted by Crippen LogP contribution is -2.18. The lowest BCUT2D eigenvalue weighted by Gasteiger charge is -2.13. The van der Waals surface area contributed by atoms with Crippen LogP contribution in [0.2, 0.25) is 0 Å². The number of hydrogen-bond donors (Lipinski definition) is 1. The van der Waals surface area contributed by atoms with Gasteiger partial charge in [-0.1, -0.05) is 54.6 Å². The Bertz CT molecular complexity index is 496. The van der Waals surface area contributed by atoms with Crippen molar-refractivity contribution in [3.05, 3.63) is 60.2 Å². The van der Waals surface area contributed by atoms with Crippen LogP contribution in [-0.2, 0) is 9.47 Å². The van der Waals surface area contributed by atoms with Crippen molar-refractivity contribution in [1.82, 2.24) is 0 Å². The predicted octanol–water partition coefficient (Wildman–Crippen LogP) is 3.02. The highest BCUT2D eigenvalue weighted by Gasteiger charge is 2.06. The van der Waals surface area contributed by atoms with Gasteiger partial charge in [0.25, 0.3) is 0 Å². The van der Waals surface area contributed by atoms with Crippen molar-refractivity contribution < 1.29 is 9.47 Å². The summed E-state index contributed by atoms with van der Waals surface area (Å²) in [5.41, 5.74) is 9.59. The van der Waals surface area contributed by atoms with Crippen LogP contribution in [0.1, 0.15) is 11.6 Å². The Morgan fingerprint density at radius 1 is 0.900 bits per heavy atom. The van der Waals surface area contributed by atoms with E-state index in [0.717, 1.165) is 5.56 Å². The molecular weight excluding hydrogens is 250 g/mol. The quantitative estimate of drug-likeness (QED) is 0.787. The van der Waals surface area contributed by atoms with E-state index in [1.165, 1.54) is 11.1 Å². The van der Waals surface area contributed by atoms with Crippen LogP contribution >= 0.6 is 0 Å². The third-order valence-electron chi connectivity index (χ3n) is 3.18. The molecule has 0 saturated heterocycles. The molecule has 2 aromatic carbocycles. The maximum Gasteiger partial charge on any atom is 0.0701 e. The van der Waals surface area contributed by atoms with Gasteiger partial charge in [0.05, 0.1) is 25.9 Å². The fourth-order valence-electron chi connectivity index (χ4n) is 2.00. The Kier molecular flexibility index (Phi) is 5.74. The third-order valence-corrected chi connectivity index (χ3v) is 3.18. The second kappa shape index (κ2) is 7.80. The van der Waals surface area contributed by atoms with Crippen molar-refractivity contribution in [2.75, 3.05) is 26.9 Å². The summed E-state index contributed by atoms with van der Waals surface area (Å²) in [5, 5.41) is 0. The monoisotopic (exact) mass is 271 g/mol. The average Bonchev–Trinajstić information content (AvgIpc) is 2.52. The number of nitrogens with two attached hydrogens (primary N) is 1. The first-order valence-corrected chi connectivity index (χ1v) is 6.79. The SMILES string of the molecule is COCCOCC(N)c1ccc(-c2ccccc2)cc1. The van der Waals surface area contributed by atoms with Gasteiger partial charge in [-0.3, -0.25) is 0 Å². The van der Waals surface area contributed by atoms with Crippen LogP contribution in [0.15, 0.2) is 54.6 Å². The topological polar surface area (TPSA) is 44.5 Å². The number of ether oxygens (including phenoxy) is 2. The van der Waals surface area contributed by atoms with Gasteiger partial charge < -0.3 is 15.2 Å². The Balaban J connectivity index is 1.94. The number of hydrogen-bond acceptors (Lipinski definition) is 3. The van der Waals surface area contributed by atoms with E-state index in [1.807, 2.05) is 18.2 Å². The first kappa shape index (κ1) is 14.7. The van der Waals surface area contributed by atoms with Crippen LogP contribution in [0.4, 0.5) is 0 Å². The van der Waals surface area contributed by atoms with Gasteiger partial charge in [0, 0.05) is 7.11 Å². The summed E-state index contributed by atoms with van der Waals surface area (Å²) in [4.78, 5) is 0. The zero-order valence-electron chi connectivity index (χ0n) is 11.8. The smallest absolute Gasteiger partial charge is 0.0701 e. The maximum atomic E-state index is 6.10. The standard InChI is InChI=1S/C17H21NO2/c1-19-11-12-20-13-17(18)16-9-7-15(8-10-16)14-5-3-2-4-6-14/h2-10,17H,11-13,18H2,1H3. The van der Waals surface area contributed by atoms with Gasteiger partial charge in [-0.25, -0.2) is 0 Å². The molecule has 2 N–H and O–H groups in total. The molecule has 1 unspecified atom stereocenters. The van der Waals surface area contributed by atoms with Gasteiger partial charge in [-0.05, 0) is 16.7 Å². The molecule has 3 nitrogen and oxygen atoms in total. The molecule has 1 atom stereocenters. The minimum atomic E-state index is -0.100. The maximum absolute atomic E-state index is 6.10. The first-order valence-electron chi connectivity index (χ1n) is 6.79. The summed E-state index contributed by atoms with van der Waals surface area (Å²) < 4.78 is 10.4. The predicted molar refractivity (Wildman–Crippen MR) is 81.5 cm³/mol. The second-order valence-electron chi connectivity index (χ2n) is 4.66. The van der Waals surface area contributed by atoms with E-state index in [9.17, 15) is 0 Å². The first-order chi connectivity index (χ1) is 9.81. The highest BCUT2D eigenvalue weighted by Crippen LogP contribution is 2.21. The van der Waals surface area contributed by atoms with Gasteiger partial charge in [-0.15, -0.1) is 0 Å². The molecule has 106 valence electrons. The molecule has 0 saturated carbocycles. The molecule has 0 aliphatic rings. The molecule has 0 amide bonds. The van der Waals surface area contributed by atoms with Crippen LogP contribution in [0.3, 0.4) is 0 Å². The van der Waals surface area contributed by atoms with Crippen LogP contribution in [0.5, 0.6) is 0 Å². The van der Waals surface area contributed by atoms with Gasteiger partial charge in [0.15, 0.2) is 0 Å². The van der Waals surface area contributed by atoms with E-state index in [0.29, 0.717) is 19.8 Å². The number of rotatable bonds is 7. The van der Waals surface area contributed by atoms with E-state index in [1.54, 1.807) is 7.11 Å². The van der Waals surface area contributed by atoms with E-state index in [2.05, 4.69) is 36.4 Å². The summed E-state index contributed by atoms with van der Waals surface area (Å²) in [5.74, 6) is 0. The summed E-state index contributed by atoms with van der Waals surface area (Å²) in [6, 6.07) is 18.5. The van der Waals surface area contributed by atoms with Crippen LogP contribution in [0.25, 0.3) is 11.1 Å². The number of benzene rings is 2. The Morgan fingerprint density at radius 2 is 1.55 bits per heavy atom. The van der Waals surface area contributed by atoms with Gasteiger partial charge in [-0.2, -0.15) is 0 Å². The molecule has 20 heavy (non-hydrogen) atoms. The van der Waals surface area contributed by atoms with Crippen LogP contribution in [0, 0.1) is 0 Å². The van der Waals surface area contributed by atoms with Crippen molar-refractivity contribution in [2.24, 2.45) is 5.73 Å². The molecule has 0 aliphatic heterocycles. The van der Waals surface area contributed by atoms with E-state index < -0.39 is 0 Å². The molecule has 0 bridgehead atoms. The lowest BCUT2D eigenvalue weighted by molar-refractivity contribution is 0.0636. The summed E-state index contributed by atoms with van der Waals surface area (Å²) in [7, 11) is 1.66. The molecule has 3 heteroatoms. The number of methoxy groups -OCH3 is 1. The van der Waals surface area contributed by atoms with E-state index in [-0.39, 0.29) is 6.04 Å². The van der Waals surface area contributed by atoms with Crippen molar-refractivity contribution in [2.45, 2.75) is 6.04 Å². The van der Waals surface area contributed by atoms with Crippen molar-refractivity contribution in [3.63, 3.8) is 0 Å². The molecule has 0 heterocycles. The highest BCUT2D eigenvalue weighted by atomic mass is 16.5. The fourth-order valence-corrected chi connectivity index (χ4v) is 2.00. The second-order valence-corrected chi connectivity index (χ2v) is 4.66. The minimum absolute atomic E-state index is 0.100. The Labute approximate surface area is 120 Å². The Hall–Kier alpha value is -1.68. The zero-order chi connectivity index (χ0) is 14.2. The fraction of sp³-hybridized carbons (Fsp3) is 0.294. The summed E-state index contributed by atoms with van der Waals surface area (Å²) in [6.45, 7) is 1.68. The van der Waals surface area contributed by atoms with Crippen molar-refractivity contribution >= 4 is 0 Å². The van der Waals surface area contributed by atoms with Crippen molar-refractivity contribution in [1.29, 1.82) is 0 Å². The lowest BCUT2D eigenvalue weighted by atomic mass is 10.0. The van der Waals surface area contributed by atoms with E-state index in [4.69, 9.17) is 15.2 Å². The molecule has 2 rings (SSSR count). The molecule has 2 aromatic rings. The van der Waals surface area contributed by atoms with Gasteiger partial charge in [0.2, 0.25) is 0 Å². The van der Waals surface area contributed by atoms with Crippen LogP contribution in [-0.4, -0.2) is 26.9 Å². The van der Waals surface area contributed by atoms with E-state index >= 15 is 0 Å². The largest absolute Gasteiger partial charge is 0.382 e. The van der Waals surface area contributed by atoms with Crippen molar-refractivity contribution in [3.8, 4) is 11.1 Å². The molecule has 0 spiro atoms. The van der Waals surface area contributed by atoms with Crippen LogP contribution < -0.4 is 5.73 Å². The minimum Gasteiger partial charge on any atom is -0.382 e. The average molecular weight is 271 g/mol.